The highest BCUT2D eigenvalue weighted by molar-refractivity contribution is 7.91. The van der Waals surface area contributed by atoms with E-state index in [4.69, 9.17) is 0 Å². The fourth-order valence-electron chi connectivity index (χ4n) is 4.02. The second-order valence-electron chi connectivity index (χ2n) is 7.97. The molecule has 0 bridgehead atoms. The summed E-state index contributed by atoms with van der Waals surface area (Å²) in [4.78, 5) is 7.22. The Kier molecular flexibility index (Phi) is 8.49. The monoisotopic (exact) mass is 442 g/mol. The Balaban J connectivity index is 1.64. The van der Waals surface area contributed by atoms with Crippen molar-refractivity contribution in [3.05, 3.63) is 66.2 Å². The van der Waals surface area contributed by atoms with Gasteiger partial charge in [0, 0.05) is 19.6 Å². The molecule has 2 unspecified atom stereocenters. The Bertz CT molecular complexity index is 927. The molecule has 1 aliphatic heterocycles. The zero-order valence-electron chi connectivity index (χ0n) is 18.5. The molecule has 31 heavy (non-hydrogen) atoms. The van der Waals surface area contributed by atoms with Crippen molar-refractivity contribution in [2.75, 3.05) is 32.4 Å². The molecule has 2 aromatic carbocycles. The van der Waals surface area contributed by atoms with E-state index in [-0.39, 0.29) is 17.8 Å². The summed E-state index contributed by atoms with van der Waals surface area (Å²) in [7, 11) is -1.64. The number of sulfone groups is 1. The molecule has 0 spiro atoms. The second kappa shape index (κ2) is 11.3. The van der Waals surface area contributed by atoms with Crippen LogP contribution in [0.3, 0.4) is 0 Å². The fourth-order valence-corrected chi connectivity index (χ4v) is 5.63. The number of likely N-dealkylation sites (tertiary alicyclic amines) is 1. The van der Waals surface area contributed by atoms with E-state index in [9.17, 15) is 8.42 Å². The zero-order valence-corrected chi connectivity index (χ0v) is 19.3. The average Bonchev–Trinajstić information content (AvgIpc) is 3.33. The maximum Gasteiger partial charge on any atom is 0.191 e. The SMILES string of the molecule is CCC(CS(=O)(=O)c1ccccc1)NC(=NC)NCC(c1ccccc1)N1CCCC1. The highest BCUT2D eigenvalue weighted by Gasteiger charge is 2.25. The third kappa shape index (κ3) is 6.55. The number of rotatable bonds is 9. The van der Waals surface area contributed by atoms with E-state index in [1.54, 1.807) is 31.3 Å². The van der Waals surface area contributed by atoms with Gasteiger partial charge in [-0.3, -0.25) is 9.89 Å². The van der Waals surface area contributed by atoms with E-state index in [0.717, 1.165) is 13.1 Å². The van der Waals surface area contributed by atoms with Crippen LogP contribution in [0.1, 0.15) is 37.8 Å². The van der Waals surface area contributed by atoms with Gasteiger partial charge in [-0.2, -0.15) is 0 Å². The molecule has 0 radical (unpaired) electrons. The van der Waals surface area contributed by atoms with E-state index < -0.39 is 9.84 Å². The smallest absolute Gasteiger partial charge is 0.191 e. The van der Waals surface area contributed by atoms with Gasteiger partial charge in [0.15, 0.2) is 15.8 Å². The first kappa shape index (κ1) is 23.3. The number of nitrogens with one attached hydrogen (secondary N) is 2. The first-order valence-corrected chi connectivity index (χ1v) is 12.7. The predicted molar refractivity (Wildman–Crippen MR) is 127 cm³/mol. The summed E-state index contributed by atoms with van der Waals surface area (Å²) in [5.41, 5.74) is 1.28. The van der Waals surface area contributed by atoms with Crippen LogP contribution < -0.4 is 10.6 Å². The molecule has 0 aromatic heterocycles. The molecular formula is C24H34N4O2S. The minimum Gasteiger partial charge on any atom is -0.354 e. The number of benzene rings is 2. The summed E-state index contributed by atoms with van der Waals surface area (Å²) in [6, 6.07) is 19.2. The highest BCUT2D eigenvalue weighted by Crippen LogP contribution is 2.24. The molecule has 1 heterocycles. The van der Waals surface area contributed by atoms with Crippen molar-refractivity contribution in [2.45, 2.75) is 43.2 Å². The lowest BCUT2D eigenvalue weighted by Gasteiger charge is -2.29. The first-order chi connectivity index (χ1) is 15.0. The van der Waals surface area contributed by atoms with Crippen molar-refractivity contribution in [1.29, 1.82) is 0 Å². The van der Waals surface area contributed by atoms with Gasteiger partial charge in [-0.25, -0.2) is 8.42 Å². The molecule has 1 aliphatic rings. The molecule has 0 aliphatic carbocycles. The lowest BCUT2D eigenvalue weighted by atomic mass is 10.1. The summed E-state index contributed by atoms with van der Waals surface area (Å²) in [5.74, 6) is 0.665. The van der Waals surface area contributed by atoms with Gasteiger partial charge in [0.25, 0.3) is 0 Å². The van der Waals surface area contributed by atoms with Gasteiger partial charge >= 0.3 is 0 Å². The summed E-state index contributed by atoms with van der Waals surface area (Å²) in [5, 5.41) is 6.76. The molecule has 2 atom stereocenters. The third-order valence-corrected chi connectivity index (χ3v) is 7.64. The first-order valence-electron chi connectivity index (χ1n) is 11.1. The van der Waals surface area contributed by atoms with Gasteiger partial charge in [-0.05, 0) is 50.0 Å². The predicted octanol–water partition coefficient (Wildman–Crippen LogP) is 3.24. The molecular weight excluding hydrogens is 408 g/mol. The third-order valence-electron chi connectivity index (χ3n) is 5.81. The van der Waals surface area contributed by atoms with Crippen molar-refractivity contribution in [2.24, 2.45) is 4.99 Å². The normalized spacial score (nSPS) is 17.3. The topological polar surface area (TPSA) is 73.8 Å². The van der Waals surface area contributed by atoms with Crippen LogP contribution in [0.2, 0.25) is 0 Å². The molecule has 0 amide bonds. The lowest BCUT2D eigenvalue weighted by molar-refractivity contribution is 0.245. The van der Waals surface area contributed by atoms with Crippen molar-refractivity contribution in [3.63, 3.8) is 0 Å². The fraction of sp³-hybridized carbons (Fsp3) is 0.458. The van der Waals surface area contributed by atoms with Crippen molar-refractivity contribution >= 4 is 15.8 Å². The highest BCUT2D eigenvalue weighted by atomic mass is 32.2. The van der Waals surface area contributed by atoms with Crippen molar-refractivity contribution in [1.82, 2.24) is 15.5 Å². The summed E-state index contributed by atoms with van der Waals surface area (Å²) < 4.78 is 25.6. The van der Waals surface area contributed by atoms with Gasteiger partial charge in [-0.15, -0.1) is 0 Å². The minimum absolute atomic E-state index is 0.0302. The second-order valence-corrected chi connectivity index (χ2v) is 10.0. The van der Waals surface area contributed by atoms with E-state index in [2.05, 4.69) is 44.8 Å². The van der Waals surface area contributed by atoms with Gasteiger partial charge in [-0.1, -0.05) is 55.5 Å². The summed E-state index contributed by atoms with van der Waals surface area (Å²) in [6.07, 6.45) is 3.14. The Morgan fingerprint density at radius 3 is 2.23 bits per heavy atom. The van der Waals surface area contributed by atoms with Crippen LogP contribution in [0.15, 0.2) is 70.6 Å². The zero-order chi connectivity index (χ0) is 22.1. The van der Waals surface area contributed by atoms with E-state index in [1.807, 2.05) is 19.1 Å². The molecule has 6 nitrogen and oxygen atoms in total. The number of aliphatic imine (C=N–C) groups is 1. The van der Waals surface area contributed by atoms with Gasteiger partial charge in [0.2, 0.25) is 0 Å². The van der Waals surface area contributed by atoms with Gasteiger partial charge < -0.3 is 10.6 Å². The molecule has 2 aromatic rings. The van der Waals surface area contributed by atoms with Gasteiger partial charge in [0.1, 0.15) is 0 Å². The lowest BCUT2D eigenvalue weighted by Crippen LogP contribution is -2.48. The Morgan fingerprint density at radius 2 is 1.65 bits per heavy atom. The van der Waals surface area contributed by atoms with Crippen molar-refractivity contribution in [3.8, 4) is 0 Å². The van der Waals surface area contributed by atoms with Crippen LogP contribution in [-0.4, -0.2) is 57.8 Å². The minimum atomic E-state index is -3.37. The van der Waals surface area contributed by atoms with E-state index in [0.29, 0.717) is 23.8 Å². The number of hydrogen-bond donors (Lipinski definition) is 2. The molecule has 0 saturated carbocycles. The van der Waals surface area contributed by atoms with Crippen LogP contribution in [0.4, 0.5) is 0 Å². The van der Waals surface area contributed by atoms with Gasteiger partial charge in [0.05, 0.1) is 16.7 Å². The van der Waals surface area contributed by atoms with Crippen LogP contribution in [0.25, 0.3) is 0 Å². The Hall–Kier alpha value is -2.38. The van der Waals surface area contributed by atoms with Crippen LogP contribution >= 0.6 is 0 Å². The van der Waals surface area contributed by atoms with Crippen molar-refractivity contribution < 1.29 is 8.42 Å². The van der Waals surface area contributed by atoms with Crippen LogP contribution in [-0.2, 0) is 9.84 Å². The molecule has 3 rings (SSSR count). The standard InChI is InChI=1S/C24H34N4O2S/c1-3-21(19-31(29,30)22-14-8-5-9-15-22)27-24(25-2)26-18-23(28-16-10-11-17-28)20-12-6-4-7-13-20/h4-9,12-15,21,23H,3,10-11,16-19H2,1-2H3,(H2,25,26,27). The number of hydrogen-bond acceptors (Lipinski definition) is 4. The molecule has 2 N–H and O–H groups in total. The maximum atomic E-state index is 12.8. The van der Waals surface area contributed by atoms with Crippen LogP contribution in [0.5, 0.6) is 0 Å². The van der Waals surface area contributed by atoms with Crippen LogP contribution in [0, 0.1) is 0 Å². The molecule has 1 saturated heterocycles. The maximum absolute atomic E-state index is 12.8. The molecule has 1 fully saturated rings. The molecule has 7 heteroatoms. The Morgan fingerprint density at radius 1 is 1.03 bits per heavy atom. The number of guanidine groups is 1. The number of nitrogens with zero attached hydrogens (tertiary/aromatic N) is 2. The van der Waals surface area contributed by atoms with E-state index >= 15 is 0 Å². The summed E-state index contributed by atoms with van der Waals surface area (Å²) >= 11 is 0. The van der Waals surface area contributed by atoms with E-state index in [1.165, 1.54) is 18.4 Å². The summed E-state index contributed by atoms with van der Waals surface area (Å²) in [6.45, 7) is 4.90. The Labute approximate surface area is 186 Å². The largest absolute Gasteiger partial charge is 0.354 e. The molecule has 168 valence electrons. The average molecular weight is 443 g/mol. The quantitative estimate of drug-likeness (QED) is 0.461.